The van der Waals surface area contributed by atoms with Crippen molar-refractivity contribution in [3.63, 3.8) is 0 Å². The maximum atomic E-state index is 10.4. The zero-order chi connectivity index (χ0) is 11.3. The number of primary amides is 1. The zero-order valence-electron chi connectivity index (χ0n) is 8.27. The van der Waals surface area contributed by atoms with Crippen LogP contribution in [0.15, 0.2) is 28.7 Å². The van der Waals surface area contributed by atoms with Gasteiger partial charge in [0.15, 0.2) is 0 Å². The van der Waals surface area contributed by atoms with Crippen LogP contribution in [0, 0.1) is 0 Å². The van der Waals surface area contributed by atoms with Gasteiger partial charge < -0.3 is 15.2 Å². The molecule has 0 saturated heterocycles. The Labute approximate surface area is 96.5 Å². The van der Waals surface area contributed by atoms with Crippen molar-refractivity contribution < 1.29 is 14.3 Å². The molecule has 0 fully saturated rings. The Bertz CT molecular complexity index is 343. The van der Waals surface area contributed by atoms with Gasteiger partial charge in [-0.3, -0.25) is 0 Å². The molecular formula is C10H12BrNO3. The van der Waals surface area contributed by atoms with Gasteiger partial charge in [0.1, 0.15) is 18.5 Å². The standard InChI is InChI=1S/C10H12BrNO3/c1-7(15-10(12)13)6-14-9-4-2-3-8(11)5-9/h2-5,7H,6H2,1H3,(H2,12,13)/t7-/m0/s1. The molecule has 0 aliphatic rings. The first kappa shape index (κ1) is 11.8. The van der Waals surface area contributed by atoms with Crippen molar-refractivity contribution >= 4 is 22.0 Å². The molecule has 1 atom stereocenters. The first-order valence-electron chi connectivity index (χ1n) is 4.42. The summed E-state index contributed by atoms with van der Waals surface area (Å²) in [4.78, 5) is 10.4. The lowest BCUT2D eigenvalue weighted by Gasteiger charge is -2.12. The first-order valence-corrected chi connectivity index (χ1v) is 5.21. The van der Waals surface area contributed by atoms with Gasteiger partial charge in [0.2, 0.25) is 0 Å². The molecule has 1 rings (SSSR count). The summed E-state index contributed by atoms with van der Waals surface area (Å²) in [6.45, 7) is 1.99. The maximum absolute atomic E-state index is 10.4. The Morgan fingerprint density at radius 3 is 2.93 bits per heavy atom. The number of hydrogen-bond donors (Lipinski definition) is 1. The van der Waals surface area contributed by atoms with E-state index in [0.29, 0.717) is 5.75 Å². The van der Waals surface area contributed by atoms with Crippen LogP contribution < -0.4 is 10.5 Å². The number of carbonyl (C=O) groups excluding carboxylic acids is 1. The van der Waals surface area contributed by atoms with Gasteiger partial charge in [-0.2, -0.15) is 0 Å². The third kappa shape index (κ3) is 4.69. The predicted octanol–water partition coefficient (Wildman–Crippen LogP) is 2.31. The van der Waals surface area contributed by atoms with E-state index >= 15 is 0 Å². The summed E-state index contributed by atoms with van der Waals surface area (Å²) >= 11 is 3.32. The molecule has 0 heterocycles. The van der Waals surface area contributed by atoms with Crippen LogP contribution in [0.4, 0.5) is 4.79 Å². The Morgan fingerprint density at radius 2 is 2.33 bits per heavy atom. The largest absolute Gasteiger partial charge is 0.490 e. The molecule has 0 aromatic heterocycles. The lowest BCUT2D eigenvalue weighted by molar-refractivity contribution is 0.0823. The lowest BCUT2D eigenvalue weighted by Crippen LogP contribution is -2.25. The van der Waals surface area contributed by atoms with Gasteiger partial charge in [0.05, 0.1) is 0 Å². The number of ether oxygens (including phenoxy) is 2. The highest BCUT2D eigenvalue weighted by atomic mass is 79.9. The highest BCUT2D eigenvalue weighted by Crippen LogP contribution is 2.17. The number of halogens is 1. The van der Waals surface area contributed by atoms with E-state index < -0.39 is 6.09 Å². The molecule has 0 saturated carbocycles. The monoisotopic (exact) mass is 273 g/mol. The number of rotatable bonds is 4. The fourth-order valence-electron chi connectivity index (χ4n) is 1.00. The second kappa shape index (κ2) is 5.60. The zero-order valence-corrected chi connectivity index (χ0v) is 9.86. The molecule has 15 heavy (non-hydrogen) atoms. The number of carbonyl (C=O) groups is 1. The molecule has 1 aromatic rings. The second-order valence-corrected chi connectivity index (χ2v) is 3.93. The van der Waals surface area contributed by atoms with Gasteiger partial charge in [-0.05, 0) is 25.1 Å². The summed E-state index contributed by atoms with van der Waals surface area (Å²) in [5.41, 5.74) is 4.86. The van der Waals surface area contributed by atoms with E-state index in [9.17, 15) is 4.79 Å². The minimum atomic E-state index is -0.791. The Hall–Kier alpha value is -1.23. The predicted molar refractivity (Wildman–Crippen MR) is 59.8 cm³/mol. The van der Waals surface area contributed by atoms with Gasteiger partial charge in [0, 0.05) is 4.47 Å². The molecule has 0 spiro atoms. The second-order valence-electron chi connectivity index (χ2n) is 3.02. The number of benzene rings is 1. The van der Waals surface area contributed by atoms with Crippen LogP contribution in [-0.4, -0.2) is 18.8 Å². The van der Waals surface area contributed by atoms with E-state index in [1.54, 1.807) is 6.92 Å². The van der Waals surface area contributed by atoms with E-state index in [0.717, 1.165) is 4.47 Å². The van der Waals surface area contributed by atoms with E-state index in [4.69, 9.17) is 15.2 Å². The van der Waals surface area contributed by atoms with Crippen molar-refractivity contribution in [3.8, 4) is 5.75 Å². The maximum Gasteiger partial charge on any atom is 0.404 e. The van der Waals surface area contributed by atoms with Crippen LogP contribution >= 0.6 is 15.9 Å². The highest BCUT2D eigenvalue weighted by molar-refractivity contribution is 9.10. The van der Waals surface area contributed by atoms with E-state index in [-0.39, 0.29) is 12.7 Å². The summed E-state index contributed by atoms with van der Waals surface area (Å²) in [6.07, 6.45) is -1.15. The summed E-state index contributed by atoms with van der Waals surface area (Å²) in [6, 6.07) is 7.41. The molecule has 0 radical (unpaired) electrons. The molecule has 5 heteroatoms. The Kier molecular flexibility index (Phi) is 4.42. The van der Waals surface area contributed by atoms with Gasteiger partial charge in [-0.15, -0.1) is 0 Å². The minimum absolute atomic E-state index is 0.277. The molecule has 82 valence electrons. The molecule has 0 aliphatic carbocycles. The van der Waals surface area contributed by atoms with Crippen molar-refractivity contribution in [2.45, 2.75) is 13.0 Å². The smallest absolute Gasteiger partial charge is 0.404 e. The van der Waals surface area contributed by atoms with Crippen LogP contribution in [0.3, 0.4) is 0 Å². The topological polar surface area (TPSA) is 61.6 Å². The van der Waals surface area contributed by atoms with Crippen LogP contribution in [0.5, 0.6) is 5.75 Å². The van der Waals surface area contributed by atoms with Gasteiger partial charge in [0.25, 0.3) is 0 Å². The molecule has 4 nitrogen and oxygen atoms in total. The fraction of sp³-hybridized carbons (Fsp3) is 0.300. The summed E-state index contributed by atoms with van der Waals surface area (Å²) in [5.74, 6) is 0.712. The minimum Gasteiger partial charge on any atom is -0.490 e. The summed E-state index contributed by atoms with van der Waals surface area (Å²) < 4.78 is 11.0. The third-order valence-electron chi connectivity index (χ3n) is 1.60. The number of amides is 1. The van der Waals surface area contributed by atoms with Crippen molar-refractivity contribution in [2.75, 3.05) is 6.61 Å². The average Bonchev–Trinajstić information content (AvgIpc) is 2.14. The van der Waals surface area contributed by atoms with Crippen molar-refractivity contribution in [3.05, 3.63) is 28.7 Å². The molecule has 0 aliphatic heterocycles. The molecule has 2 N–H and O–H groups in total. The molecule has 1 aromatic carbocycles. The Morgan fingerprint density at radius 1 is 1.60 bits per heavy atom. The molecular weight excluding hydrogens is 262 g/mol. The van der Waals surface area contributed by atoms with Crippen LogP contribution in [-0.2, 0) is 4.74 Å². The molecule has 0 unspecified atom stereocenters. The van der Waals surface area contributed by atoms with Crippen LogP contribution in [0.25, 0.3) is 0 Å². The van der Waals surface area contributed by atoms with E-state index in [1.807, 2.05) is 24.3 Å². The summed E-state index contributed by atoms with van der Waals surface area (Å²) in [7, 11) is 0. The Balaban J connectivity index is 2.40. The third-order valence-corrected chi connectivity index (χ3v) is 2.09. The van der Waals surface area contributed by atoms with Gasteiger partial charge in [-0.25, -0.2) is 4.79 Å². The SMILES string of the molecule is C[C@@H](COc1cccc(Br)c1)OC(N)=O. The average molecular weight is 274 g/mol. The van der Waals surface area contributed by atoms with Crippen LogP contribution in [0.1, 0.15) is 6.92 Å². The quantitative estimate of drug-likeness (QED) is 0.916. The number of nitrogens with two attached hydrogens (primary N) is 1. The van der Waals surface area contributed by atoms with E-state index in [1.165, 1.54) is 0 Å². The highest BCUT2D eigenvalue weighted by Gasteiger charge is 2.06. The molecule has 0 bridgehead atoms. The fourth-order valence-corrected chi connectivity index (χ4v) is 1.38. The van der Waals surface area contributed by atoms with Gasteiger partial charge >= 0.3 is 6.09 Å². The van der Waals surface area contributed by atoms with Crippen molar-refractivity contribution in [1.82, 2.24) is 0 Å². The first-order chi connectivity index (χ1) is 7.08. The molecule has 1 amide bonds. The van der Waals surface area contributed by atoms with Crippen molar-refractivity contribution in [1.29, 1.82) is 0 Å². The number of hydrogen-bond acceptors (Lipinski definition) is 3. The summed E-state index contributed by atoms with van der Waals surface area (Å²) in [5, 5.41) is 0. The van der Waals surface area contributed by atoms with Gasteiger partial charge in [-0.1, -0.05) is 22.0 Å². The van der Waals surface area contributed by atoms with E-state index in [2.05, 4.69) is 15.9 Å². The lowest BCUT2D eigenvalue weighted by atomic mass is 10.3. The van der Waals surface area contributed by atoms with Crippen LogP contribution in [0.2, 0.25) is 0 Å². The van der Waals surface area contributed by atoms with Crippen molar-refractivity contribution in [2.24, 2.45) is 5.73 Å². The normalized spacial score (nSPS) is 11.9.